The van der Waals surface area contributed by atoms with Gasteiger partial charge in [-0.25, -0.2) is 14.3 Å². The predicted octanol–water partition coefficient (Wildman–Crippen LogP) is 7.21. The van der Waals surface area contributed by atoms with Crippen LogP contribution in [0.5, 0.6) is 0 Å². The highest BCUT2D eigenvalue weighted by Crippen LogP contribution is 2.46. The minimum Gasteiger partial charge on any atom is -0.341 e. The number of rotatable bonds is 7. The Morgan fingerprint density at radius 1 is 0.897 bits per heavy atom. The number of benzene rings is 3. The van der Waals surface area contributed by atoms with Crippen molar-refractivity contribution in [3.8, 4) is 16.9 Å². The molecular weight excluding hydrogens is 578 g/mol. The molecule has 0 spiro atoms. The van der Waals surface area contributed by atoms with Crippen LogP contribution in [-0.2, 0) is 12.1 Å². The predicted molar refractivity (Wildman–Crippen MR) is 153 cm³/mol. The van der Waals surface area contributed by atoms with Crippen molar-refractivity contribution in [3.05, 3.63) is 116 Å². The molecule has 0 aliphatic heterocycles. The van der Waals surface area contributed by atoms with E-state index in [1.54, 1.807) is 46.0 Å². The van der Waals surface area contributed by atoms with Gasteiger partial charge in [0.25, 0.3) is 5.91 Å². The first-order valence-corrected chi connectivity index (χ1v) is 13.6. The number of halogens is 4. The molecule has 0 bridgehead atoms. The van der Waals surface area contributed by atoms with Gasteiger partial charge >= 0.3 is 0 Å². The maximum absolute atomic E-state index is 14.0. The lowest BCUT2D eigenvalue weighted by Gasteiger charge is -2.18. The molecule has 1 fully saturated rings. The SMILES string of the molecule is O=C(NC1(c2ccc(Cl)cc2)CC1)c1nn(-c2ccc(Cl)cc2Cl)c(-c2ccc(Cl)cc2)c1Cn1cncn1. The Hall–Kier alpha value is -3.36. The summed E-state index contributed by atoms with van der Waals surface area (Å²) in [5, 5.41) is 14.4. The van der Waals surface area contributed by atoms with Gasteiger partial charge in [-0.15, -0.1) is 0 Å². The van der Waals surface area contributed by atoms with E-state index in [-0.39, 0.29) is 18.1 Å². The molecule has 1 aliphatic carbocycles. The molecule has 6 rings (SSSR count). The summed E-state index contributed by atoms with van der Waals surface area (Å²) in [5.74, 6) is -0.309. The van der Waals surface area contributed by atoms with E-state index in [0.717, 1.165) is 24.0 Å². The molecular formula is C28H20Cl4N6O. The third-order valence-corrected chi connectivity index (χ3v) is 7.78. The first-order chi connectivity index (χ1) is 18.8. The number of carbonyl (C=O) groups is 1. The van der Waals surface area contributed by atoms with Crippen molar-refractivity contribution in [2.75, 3.05) is 0 Å². The summed E-state index contributed by atoms with van der Waals surface area (Å²) >= 11 is 25.1. The van der Waals surface area contributed by atoms with Crippen molar-refractivity contribution in [2.45, 2.75) is 24.9 Å². The highest BCUT2D eigenvalue weighted by atomic mass is 35.5. The smallest absolute Gasteiger partial charge is 0.272 e. The van der Waals surface area contributed by atoms with Gasteiger partial charge in [-0.05, 0) is 60.9 Å². The molecule has 7 nitrogen and oxygen atoms in total. The zero-order valence-electron chi connectivity index (χ0n) is 20.3. The number of nitrogens with one attached hydrogen (secondary N) is 1. The molecule has 2 heterocycles. The average Bonchev–Trinajstić information content (AvgIpc) is 3.33. The number of amides is 1. The van der Waals surface area contributed by atoms with Crippen LogP contribution < -0.4 is 5.32 Å². The van der Waals surface area contributed by atoms with Crippen LogP contribution in [0.1, 0.15) is 34.5 Å². The Morgan fingerprint density at radius 3 is 2.18 bits per heavy atom. The summed E-state index contributed by atoms with van der Waals surface area (Å²) in [6.07, 6.45) is 4.66. The highest BCUT2D eigenvalue weighted by molar-refractivity contribution is 6.35. The molecule has 1 amide bonds. The Balaban J connectivity index is 1.51. The fraction of sp³-hybridized carbons (Fsp3) is 0.143. The number of carbonyl (C=O) groups excluding carboxylic acids is 1. The fourth-order valence-corrected chi connectivity index (χ4v) is 5.39. The van der Waals surface area contributed by atoms with E-state index in [4.69, 9.17) is 51.5 Å². The van der Waals surface area contributed by atoms with Crippen molar-refractivity contribution >= 4 is 52.3 Å². The molecule has 39 heavy (non-hydrogen) atoms. The lowest BCUT2D eigenvalue weighted by molar-refractivity contribution is 0.0924. The molecule has 0 atom stereocenters. The first-order valence-electron chi connectivity index (χ1n) is 12.1. The van der Waals surface area contributed by atoms with Crippen LogP contribution in [-0.4, -0.2) is 30.5 Å². The van der Waals surface area contributed by atoms with E-state index in [2.05, 4.69) is 15.4 Å². The van der Waals surface area contributed by atoms with E-state index in [1.165, 1.54) is 6.33 Å². The van der Waals surface area contributed by atoms with Crippen molar-refractivity contribution in [3.63, 3.8) is 0 Å². The minimum atomic E-state index is -0.478. The summed E-state index contributed by atoms with van der Waals surface area (Å²) in [6.45, 7) is 0.250. The van der Waals surface area contributed by atoms with Gasteiger partial charge in [0.2, 0.25) is 0 Å². The molecule has 196 valence electrons. The molecule has 2 aromatic heterocycles. The summed E-state index contributed by atoms with van der Waals surface area (Å²) < 4.78 is 3.32. The van der Waals surface area contributed by atoms with Crippen molar-refractivity contribution in [2.24, 2.45) is 0 Å². The zero-order chi connectivity index (χ0) is 27.1. The van der Waals surface area contributed by atoms with Gasteiger partial charge in [0.05, 0.1) is 28.5 Å². The lowest BCUT2D eigenvalue weighted by Crippen LogP contribution is -2.35. The van der Waals surface area contributed by atoms with E-state index in [1.807, 2.05) is 36.4 Å². The van der Waals surface area contributed by atoms with Crippen LogP contribution in [0.25, 0.3) is 16.9 Å². The van der Waals surface area contributed by atoms with Gasteiger partial charge < -0.3 is 5.32 Å². The van der Waals surface area contributed by atoms with Gasteiger partial charge in [-0.3, -0.25) is 4.79 Å². The van der Waals surface area contributed by atoms with Crippen LogP contribution in [0.3, 0.4) is 0 Å². The lowest BCUT2D eigenvalue weighted by atomic mass is 10.0. The monoisotopic (exact) mass is 596 g/mol. The van der Waals surface area contributed by atoms with Crippen LogP contribution in [0.15, 0.2) is 79.4 Å². The van der Waals surface area contributed by atoms with Gasteiger partial charge in [0.15, 0.2) is 5.69 Å². The number of hydrogen-bond donors (Lipinski definition) is 1. The minimum absolute atomic E-state index is 0.250. The van der Waals surface area contributed by atoms with Crippen LogP contribution in [0, 0.1) is 0 Å². The number of nitrogens with zero attached hydrogens (tertiary/aromatic N) is 5. The van der Waals surface area contributed by atoms with Crippen LogP contribution in [0.4, 0.5) is 0 Å². The quantitative estimate of drug-likeness (QED) is 0.215. The van der Waals surface area contributed by atoms with Crippen molar-refractivity contribution in [1.82, 2.24) is 29.9 Å². The summed E-state index contributed by atoms with van der Waals surface area (Å²) in [5.41, 5.74) is 3.47. The topological polar surface area (TPSA) is 77.6 Å². The summed E-state index contributed by atoms with van der Waals surface area (Å²) in [6, 6.07) is 20.0. The molecule has 11 heteroatoms. The van der Waals surface area contributed by atoms with Gasteiger partial charge in [-0.2, -0.15) is 10.2 Å². The molecule has 0 radical (unpaired) electrons. The summed E-state index contributed by atoms with van der Waals surface area (Å²) in [4.78, 5) is 18.0. The second-order valence-corrected chi connectivity index (χ2v) is 11.0. The third kappa shape index (κ3) is 5.15. The number of aromatic nitrogens is 5. The van der Waals surface area contributed by atoms with Gasteiger partial charge in [0, 0.05) is 26.2 Å². The first kappa shape index (κ1) is 25.9. The van der Waals surface area contributed by atoms with Crippen LogP contribution in [0.2, 0.25) is 20.1 Å². The Labute approximate surface area is 244 Å². The highest BCUT2D eigenvalue weighted by Gasteiger charge is 2.46. The standard InChI is InChI=1S/C28H20Cl4N6O/c29-19-5-1-17(2-6-19)26-22(14-37-16-33-15-34-37)25(36-38(26)24-10-9-21(31)13-23(24)32)27(39)35-28(11-12-28)18-3-7-20(30)8-4-18/h1-10,13,15-16H,11-12,14H2,(H,35,39). The van der Waals surface area contributed by atoms with Crippen molar-refractivity contribution in [1.29, 1.82) is 0 Å². The molecule has 5 aromatic rings. The number of hydrogen-bond acceptors (Lipinski definition) is 4. The van der Waals surface area contributed by atoms with E-state index < -0.39 is 5.54 Å². The Bertz CT molecular complexity index is 1660. The molecule has 0 saturated heterocycles. The van der Waals surface area contributed by atoms with Crippen LogP contribution >= 0.6 is 46.4 Å². The molecule has 1 aliphatic rings. The van der Waals surface area contributed by atoms with Crippen molar-refractivity contribution < 1.29 is 4.79 Å². The van der Waals surface area contributed by atoms with Gasteiger partial charge in [0.1, 0.15) is 12.7 Å². The second kappa shape index (κ2) is 10.3. The molecule has 3 aromatic carbocycles. The second-order valence-electron chi connectivity index (χ2n) is 9.33. The Kier molecular flexibility index (Phi) is 6.85. The average molecular weight is 598 g/mol. The fourth-order valence-electron chi connectivity index (χ4n) is 4.65. The maximum Gasteiger partial charge on any atom is 0.272 e. The summed E-state index contributed by atoms with van der Waals surface area (Å²) in [7, 11) is 0. The van der Waals surface area contributed by atoms with E-state index in [9.17, 15) is 4.79 Å². The largest absolute Gasteiger partial charge is 0.341 e. The Morgan fingerprint density at radius 2 is 1.56 bits per heavy atom. The molecule has 0 unspecified atom stereocenters. The zero-order valence-corrected chi connectivity index (χ0v) is 23.3. The maximum atomic E-state index is 14.0. The van der Waals surface area contributed by atoms with Gasteiger partial charge in [-0.1, -0.05) is 70.7 Å². The van der Waals surface area contributed by atoms with E-state index >= 15 is 0 Å². The molecule has 1 N–H and O–H groups in total. The normalized spacial score (nSPS) is 13.8. The molecule has 1 saturated carbocycles. The third-order valence-electron chi connectivity index (χ3n) is 6.74. The van der Waals surface area contributed by atoms with E-state index in [0.29, 0.717) is 37.0 Å².